The van der Waals surface area contributed by atoms with E-state index in [9.17, 15) is 4.79 Å². The second-order valence-electron chi connectivity index (χ2n) is 4.22. The Morgan fingerprint density at radius 2 is 2.12 bits per heavy atom. The molecule has 0 aromatic heterocycles. The second kappa shape index (κ2) is 5.08. The summed E-state index contributed by atoms with van der Waals surface area (Å²) < 4.78 is 0. The number of nitrogens with two attached hydrogens (primary N) is 1. The van der Waals surface area contributed by atoms with Crippen LogP contribution in [-0.4, -0.2) is 12.3 Å². The van der Waals surface area contributed by atoms with E-state index in [1.54, 1.807) is 0 Å². The monoisotopic (exact) mass is 215 g/mol. The Labute approximate surface area is 96.2 Å². The minimum Gasteiger partial charge on any atom is -0.330 e. The number of rotatable bonds is 3. The maximum absolute atomic E-state index is 11.3. The third-order valence-corrected chi connectivity index (χ3v) is 2.93. The third-order valence-electron chi connectivity index (χ3n) is 2.93. The number of aryl methyl sites for hydroxylation is 1. The fourth-order valence-electron chi connectivity index (χ4n) is 2.05. The average Bonchev–Trinajstić information content (AvgIpc) is 2.29. The van der Waals surface area contributed by atoms with Crippen molar-refractivity contribution < 1.29 is 4.79 Å². The lowest BCUT2D eigenvalue weighted by atomic mass is 9.89. The highest BCUT2D eigenvalue weighted by Crippen LogP contribution is 2.21. The minimum absolute atomic E-state index is 0.360. The first-order valence-corrected chi connectivity index (χ1v) is 5.79. The van der Waals surface area contributed by atoms with E-state index in [-0.39, 0.29) is 0 Å². The van der Waals surface area contributed by atoms with Gasteiger partial charge in [-0.2, -0.15) is 0 Å². The van der Waals surface area contributed by atoms with Gasteiger partial charge < -0.3 is 5.73 Å². The van der Waals surface area contributed by atoms with Crippen LogP contribution in [-0.2, 0) is 17.6 Å². The summed E-state index contributed by atoms with van der Waals surface area (Å²) in [6.45, 7) is 0.690. The summed E-state index contributed by atoms with van der Waals surface area (Å²) in [5.41, 5.74) is 9.17. The van der Waals surface area contributed by atoms with E-state index in [1.165, 1.54) is 16.7 Å². The topological polar surface area (TPSA) is 43.1 Å². The molecule has 0 aliphatic heterocycles. The minimum atomic E-state index is 0.360. The van der Waals surface area contributed by atoms with Crippen molar-refractivity contribution in [1.82, 2.24) is 0 Å². The summed E-state index contributed by atoms with van der Waals surface area (Å²) in [6, 6.07) is 6.34. The van der Waals surface area contributed by atoms with Crippen molar-refractivity contribution in [3.8, 4) is 0 Å². The number of hydrogen-bond acceptors (Lipinski definition) is 2. The van der Waals surface area contributed by atoms with Gasteiger partial charge in [0, 0.05) is 12.8 Å². The summed E-state index contributed by atoms with van der Waals surface area (Å²) in [4.78, 5) is 11.3. The van der Waals surface area contributed by atoms with Crippen LogP contribution in [0.1, 0.15) is 29.5 Å². The molecule has 1 aliphatic rings. The normalized spacial score (nSPS) is 15.4. The van der Waals surface area contributed by atoms with Crippen LogP contribution in [0.3, 0.4) is 0 Å². The molecule has 2 N–H and O–H groups in total. The first-order valence-electron chi connectivity index (χ1n) is 5.79. The van der Waals surface area contributed by atoms with Crippen LogP contribution >= 0.6 is 0 Å². The van der Waals surface area contributed by atoms with Gasteiger partial charge in [-0.15, -0.1) is 0 Å². The zero-order valence-corrected chi connectivity index (χ0v) is 9.41. The van der Waals surface area contributed by atoms with Gasteiger partial charge in [0.05, 0.1) is 0 Å². The van der Waals surface area contributed by atoms with E-state index in [0.717, 1.165) is 12.8 Å². The summed E-state index contributed by atoms with van der Waals surface area (Å²) in [5, 5.41) is 0. The van der Waals surface area contributed by atoms with Crippen LogP contribution in [0.25, 0.3) is 6.08 Å². The zero-order valence-electron chi connectivity index (χ0n) is 9.41. The Bertz CT molecular complexity index is 421. The van der Waals surface area contributed by atoms with Crippen LogP contribution in [0.4, 0.5) is 0 Å². The molecule has 2 rings (SSSR count). The van der Waals surface area contributed by atoms with Crippen molar-refractivity contribution in [2.45, 2.75) is 25.7 Å². The van der Waals surface area contributed by atoms with Gasteiger partial charge in [0.2, 0.25) is 0 Å². The maximum atomic E-state index is 11.3. The second-order valence-corrected chi connectivity index (χ2v) is 4.22. The number of hydrogen-bond donors (Lipinski definition) is 1. The molecule has 16 heavy (non-hydrogen) atoms. The van der Waals surface area contributed by atoms with E-state index in [4.69, 9.17) is 5.73 Å². The van der Waals surface area contributed by atoms with Gasteiger partial charge in [-0.05, 0) is 36.1 Å². The number of Topliss-reactive ketones (excluding diaryl/α,β-unsaturated/α-hetero) is 1. The number of benzene rings is 1. The Kier molecular flexibility index (Phi) is 3.52. The van der Waals surface area contributed by atoms with Gasteiger partial charge in [-0.1, -0.05) is 30.4 Å². The molecule has 0 atom stereocenters. The van der Waals surface area contributed by atoms with E-state index in [0.29, 0.717) is 25.2 Å². The lowest BCUT2D eigenvalue weighted by Crippen LogP contribution is -2.13. The third kappa shape index (κ3) is 2.58. The Morgan fingerprint density at radius 3 is 2.94 bits per heavy atom. The molecule has 2 heteroatoms. The number of ketones is 1. The fourth-order valence-corrected chi connectivity index (χ4v) is 2.05. The van der Waals surface area contributed by atoms with E-state index in [2.05, 4.69) is 30.4 Å². The molecule has 1 aromatic carbocycles. The molecular formula is C14H17NO. The summed E-state index contributed by atoms with van der Waals surface area (Å²) in [6.07, 6.45) is 7.31. The molecule has 84 valence electrons. The molecule has 2 nitrogen and oxygen atoms in total. The Hall–Kier alpha value is -1.41. The smallest absolute Gasteiger partial charge is 0.137 e. The molecule has 0 unspecified atom stereocenters. The first kappa shape index (κ1) is 11.1. The van der Waals surface area contributed by atoms with Crippen LogP contribution in [0.2, 0.25) is 0 Å². The number of carbonyl (C=O) groups excluding carboxylic acids is 1. The molecule has 0 saturated heterocycles. The lowest BCUT2D eigenvalue weighted by Gasteiger charge is -2.14. The molecule has 0 fully saturated rings. The van der Waals surface area contributed by atoms with E-state index < -0.39 is 0 Å². The predicted molar refractivity (Wildman–Crippen MR) is 66.2 cm³/mol. The quantitative estimate of drug-likeness (QED) is 0.839. The van der Waals surface area contributed by atoms with Crippen LogP contribution in [0.5, 0.6) is 0 Å². The van der Waals surface area contributed by atoms with E-state index in [1.807, 2.05) is 0 Å². The molecule has 0 amide bonds. The van der Waals surface area contributed by atoms with Crippen molar-refractivity contribution in [3.63, 3.8) is 0 Å². The highest BCUT2D eigenvalue weighted by atomic mass is 16.1. The molecule has 0 bridgehead atoms. The molecule has 0 radical (unpaired) electrons. The van der Waals surface area contributed by atoms with Crippen molar-refractivity contribution in [2.24, 2.45) is 5.73 Å². The maximum Gasteiger partial charge on any atom is 0.137 e. The van der Waals surface area contributed by atoms with Gasteiger partial charge in [0.15, 0.2) is 0 Å². The van der Waals surface area contributed by atoms with Crippen molar-refractivity contribution >= 4 is 11.9 Å². The van der Waals surface area contributed by atoms with Gasteiger partial charge in [0.1, 0.15) is 5.78 Å². The van der Waals surface area contributed by atoms with Crippen LogP contribution < -0.4 is 5.73 Å². The van der Waals surface area contributed by atoms with Gasteiger partial charge in [-0.3, -0.25) is 4.79 Å². The highest BCUT2D eigenvalue weighted by molar-refractivity contribution is 5.83. The Balaban J connectivity index is 2.16. The van der Waals surface area contributed by atoms with Crippen molar-refractivity contribution in [1.29, 1.82) is 0 Å². The largest absolute Gasteiger partial charge is 0.330 e. The average molecular weight is 215 g/mol. The number of carbonyl (C=O) groups is 1. The van der Waals surface area contributed by atoms with Crippen LogP contribution in [0.15, 0.2) is 24.3 Å². The fraction of sp³-hybridized carbons (Fsp3) is 0.357. The van der Waals surface area contributed by atoms with Crippen molar-refractivity contribution in [2.75, 3.05) is 6.54 Å². The van der Waals surface area contributed by atoms with Crippen LogP contribution in [0, 0.1) is 0 Å². The Morgan fingerprint density at radius 1 is 1.25 bits per heavy atom. The predicted octanol–water partition coefficient (Wildman–Crippen LogP) is 2.11. The molecule has 0 spiro atoms. The molecule has 1 aliphatic carbocycles. The molecule has 1 aromatic rings. The standard InChI is InChI=1S/C14H17NO/c15-8-2-1-3-11-4-5-13-10-14(16)7-6-12(13)9-11/h1,3-5,9H,2,6-8,10,15H2. The van der Waals surface area contributed by atoms with Crippen molar-refractivity contribution in [3.05, 3.63) is 41.0 Å². The summed E-state index contributed by atoms with van der Waals surface area (Å²) in [5.74, 6) is 0.360. The van der Waals surface area contributed by atoms with Gasteiger partial charge in [0.25, 0.3) is 0 Å². The van der Waals surface area contributed by atoms with Gasteiger partial charge in [-0.25, -0.2) is 0 Å². The molecule has 0 heterocycles. The number of fused-ring (bicyclic) bond motifs is 1. The first-order chi connectivity index (χ1) is 7.79. The SMILES string of the molecule is NCCC=Cc1ccc2c(c1)CCC(=O)C2. The van der Waals surface area contributed by atoms with E-state index >= 15 is 0 Å². The molecule has 0 saturated carbocycles. The van der Waals surface area contributed by atoms with Gasteiger partial charge >= 0.3 is 0 Å². The summed E-state index contributed by atoms with van der Waals surface area (Å²) >= 11 is 0. The lowest BCUT2D eigenvalue weighted by molar-refractivity contribution is -0.118. The molecular weight excluding hydrogens is 198 g/mol. The highest BCUT2D eigenvalue weighted by Gasteiger charge is 2.14. The summed E-state index contributed by atoms with van der Waals surface area (Å²) in [7, 11) is 0. The zero-order chi connectivity index (χ0) is 11.4.